The maximum absolute atomic E-state index is 12.1. The molecule has 3 nitrogen and oxygen atoms in total. The minimum atomic E-state index is -0.235. The van der Waals surface area contributed by atoms with E-state index in [1.807, 2.05) is 0 Å². The van der Waals surface area contributed by atoms with Gasteiger partial charge in [-0.2, -0.15) is 0 Å². The van der Waals surface area contributed by atoms with Gasteiger partial charge in [-0.3, -0.25) is 4.79 Å². The van der Waals surface area contributed by atoms with E-state index in [2.05, 4.69) is 0 Å². The molecule has 0 aliphatic heterocycles. The quantitative estimate of drug-likeness (QED) is 0.887. The molecule has 0 bridgehead atoms. The van der Waals surface area contributed by atoms with Gasteiger partial charge in [0.2, 0.25) is 0 Å². The third-order valence-corrected chi connectivity index (χ3v) is 3.45. The van der Waals surface area contributed by atoms with E-state index in [4.69, 9.17) is 41.2 Å². The largest absolute Gasteiger partial charge is 0.389 e. The maximum Gasteiger partial charge on any atom is 0.261 e. The van der Waals surface area contributed by atoms with E-state index in [1.54, 1.807) is 36.5 Å². The highest BCUT2D eigenvalue weighted by molar-refractivity contribution is 7.80. The monoisotopic (exact) mass is 312 g/mol. The summed E-state index contributed by atoms with van der Waals surface area (Å²) < 4.78 is 1.50. The maximum atomic E-state index is 12.1. The van der Waals surface area contributed by atoms with Crippen molar-refractivity contribution in [2.45, 2.75) is 6.54 Å². The number of rotatable bonds is 3. The first-order chi connectivity index (χ1) is 8.99. The number of thiocarbonyl (C=S) groups is 1. The van der Waals surface area contributed by atoms with E-state index >= 15 is 0 Å². The summed E-state index contributed by atoms with van der Waals surface area (Å²) in [7, 11) is 0. The summed E-state index contributed by atoms with van der Waals surface area (Å²) in [6.45, 7) is 0.339. The van der Waals surface area contributed by atoms with Crippen LogP contribution < -0.4 is 11.3 Å². The average Bonchev–Trinajstić information content (AvgIpc) is 2.34. The van der Waals surface area contributed by atoms with Gasteiger partial charge in [0.05, 0.1) is 12.1 Å². The van der Waals surface area contributed by atoms with Crippen LogP contribution in [-0.4, -0.2) is 9.56 Å². The van der Waals surface area contributed by atoms with Crippen molar-refractivity contribution in [3.63, 3.8) is 0 Å². The summed E-state index contributed by atoms with van der Waals surface area (Å²) in [6.07, 6.45) is 1.66. The van der Waals surface area contributed by atoms with Gasteiger partial charge in [-0.25, -0.2) is 0 Å². The van der Waals surface area contributed by atoms with E-state index in [1.165, 1.54) is 4.57 Å². The smallest absolute Gasteiger partial charge is 0.261 e. The van der Waals surface area contributed by atoms with Crippen LogP contribution in [0.3, 0.4) is 0 Å². The van der Waals surface area contributed by atoms with Crippen LogP contribution in [0.1, 0.15) is 11.1 Å². The molecular formula is C13H10Cl2N2OS. The summed E-state index contributed by atoms with van der Waals surface area (Å²) >= 11 is 16.8. The average molecular weight is 313 g/mol. The van der Waals surface area contributed by atoms with Gasteiger partial charge in [0.15, 0.2) is 0 Å². The number of hydrogen-bond acceptors (Lipinski definition) is 2. The van der Waals surface area contributed by atoms with Crippen molar-refractivity contribution in [2.75, 3.05) is 0 Å². The molecule has 19 heavy (non-hydrogen) atoms. The van der Waals surface area contributed by atoms with Crippen LogP contribution in [0.25, 0.3) is 0 Å². The molecule has 1 aromatic heterocycles. The normalized spacial score (nSPS) is 10.4. The highest BCUT2D eigenvalue weighted by Crippen LogP contribution is 2.21. The minimum absolute atomic E-state index is 0.0848. The lowest BCUT2D eigenvalue weighted by Crippen LogP contribution is -2.28. The third-order valence-electron chi connectivity index (χ3n) is 2.64. The van der Waals surface area contributed by atoms with Gasteiger partial charge in [-0.05, 0) is 29.8 Å². The molecule has 2 aromatic rings. The molecule has 2 N–H and O–H groups in total. The summed E-state index contributed by atoms with van der Waals surface area (Å²) in [5.74, 6) is 0. The van der Waals surface area contributed by atoms with Crippen LogP contribution in [-0.2, 0) is 6.54 Å². The SMILES string of the molecule is NC(=S)c1cccn(Cc2ccc(Cl)cc2Cl)c1=O. The summed E-state index contributed by atoms with van der Waals surface area (Å²) in [6, 6.07) is 8.47. The van der Waals surface area contributed by atoms with Gasteiger partial charge in [0.1, 0.15) is 4.99 Å². The molecule has 0 atom stereocenters. The summed E-state index contributed by atoms with van der Waals surface area (Å²) in [4.78, 5) is 12.2. The standard InChI is InChI=1S/C13H10Cl2N2OS/c14-9-4-3-8(11(15)6-9)7-17-5-1-2-10(12(16)19)13(17)18/h1-6H,7H2,(H2,16,19). The van der Waals surface area contributed by atoms with Crippen LogP contribution in [0.5, 0.6) is 0 Å². The number of halogens is 2. The lowest BCUT2D eigenvalue weighted by Gasteiger charge is -2.09. The highest BCUT2D eigenvalue weighted by atomic mass is 35.5. The number of hydrogen-bond donors (Lipinski definition) is 1. The first-order valence-electron chi connectivity index (χ1n) is 5.42. The van der Waals surface area contributed by atoms with Crippen LogP contribution in [0.4, 0.5) is 0 Å². The molecule has 0 saturated carbocycles. The molecule has 1 aromatic carbocycles. The predicted molar refractivity (Wildman–Crippen MR) is 82.2 cm³/mol. The Labute approximate surface area is 125 Å². The zero-order valence-electron chi connectivity index (χ0n) is 9.77. The Morgan fingerprint density at radius 1 is 1.32 bits per heavy atom. The first-order valence-corrected chi connectivity index (χ1v) is 6.58. The molecule has 0 aliphatic carbocycles. The third kappa shape index (κ3) is 3.15. The molecule has 0 spiro atoms. The molecule has 6 heteroatoms. The second-order valence-electron chi connectivity index (χ2n) is 3.95. The first kappa shape index (κ1) is 14.1. The Kier molecular flexibility index (Phi) is 4.24. The molecule has 0 fully saturated rings. The topological polar surface area (TPSA) is 48.0 Å². The highest BCUT2D eigenvalue weighted by Gasteiger charge is 2.08. The number of benzene rings is 1. The van der Waals surface area contributed by atoms with Crippen LogP contribution in [0, 0.1) is 0 Å². The van der Waals surface area contributed by atoms with Crippen LogP contribution in [0.15, 0.2) is 41.3 Å². The van der Waals surface area contributed by atoms with Gasteiger partial charge in [-0.15, -0.1) is 0 Å². The molecular weight excluding hydrogens is 303 g/mol. The van der Waals surface area contributed by atoms with Crippen molar-refractivity contribution >= 4 is 40.4 Å². The molecule has 0 aliphatic rings. The van der Waals surface area contributed by atoms with Crippen LogP contribution in [0.2, 0.25) is 10.0 Å². The Balaban J connectivity index is 2.42. The lowest BCUT2D eigenvalue weighted by molar-refractivity contribution is 0.758. The Hall–Kier alpha value is -1.36. The van der Waals surface area contributed by atoms with Crippen molar-refractivity contribution in [1.29, 1.82) is 0 Å². The second kappa shape index (κ2) is 5.74. The summed E-state index contributed by atoms with van der Waals surface area (Å²) in [5.41, 5.74) is 6.39. The van der Waals surface area contributed by atoms with Gasteiger partial charge >= 0.3 is 0 Å². The molecule has 0 saturated heterocycles. The Morgan fingerprint density at radius 3 is 2.68 bits per heavy atom. The van der Waals surface area contributed by atoms with Crippen LogP contribution >= 0.6 is 35.4 Å². The van der Waals surface area contributed by atoms with E-state index < -0.39 is 0 Å². The van der Waals surface area contributed by atoms with Crippen molar-refractivity contribution in [1.82, 2.24) is 4.57 Å². The molecule has 0 amide bonds. The fourth-order valence-electron chi connectivity index (χ4n) is 1.68. The van der Waals surface area contributed by atoms with E-state index in [0.717, 1.165) is 5.56 Å². The fraction of sp³-hybridized carbons (Fsp3) is 0.0769. The fourth-order valence-corrected chi connectivity index (χ4v) is 2.31. The van der Waals surface area contributed by atoms with Crippen molar-refractivity contribution in [2.24, 2.45) is 5.73 Å². The molecule has 98 valence electrons. The molecule has 1 heterocycles. The van der Waals surface area contributed by atoms with Gasteiger partial charge in [0.25, 0.3) is 5.56 Å². The molecule has 2 rings (SSSR count). The Morgan fingerprint density at radius 2 is 2.05 bits per heavy atom. The van der Waals surface area contributed by atoms with Crippen molar-refractivity contribution in [3.05, 3.63) is 68.1 Å². The minimum Gasteiger partial charge on any atom is -0.389 e. The molecule has 0 unspecified atom stereocenters. The van der Waals surface area contributed by atoms with Crippen molar-refractivity contribution < 1.29 is 0 Å². The predicted octanol–water partition coefficient (Wildman–Crippen LogP) is 2.84. The number of pyridine rings is 1. The van der Waals surface area contributed by atoms with E-state index in [-0.39, 0.29) is 10.5 Å². The Bertz CT molecular complexity index is 697. The van der Waals surface area contributed by atoms with E-state index in [0.29, 0.717) is 22.2 Å². The van der Waals surface area contributed by atoms with Crippen molar-refractivity contribution in [3.8, 4) is 0 Å². The number of aromatic nitrogens is 1. The van der Waals surface area contributed by atoms with Gasteiger partial charge < -0.3 is 10.3 Å². The zero-order valence-corrected chi connectivity index (χ0v) is 12.1. The van der Waals surface area contributed by atoms with Gasteiger partial charge in [0, 0.05) is 16.2 Å². The lowest BCUT2D eigenvalue weighted by atomic mass is 10.2. The second-order valence-corrected chi connectivity index (χ2v) is 5.24. The number of nitrogens with zero attached hydrogens (tertiary/aromatic N) is 1. The van der Waals surface area contributed by atoms with E-state index in [9.17, 15) is 4.79 Å². The number of nitrogens with two attached hydrogens (primary N) is 1. The summed E-state index contributed by atoms with van der Waals surface area (Å²) in [5, 5.41) is 1.07. The van der Waals surface area contributed by atoms with Gasteiger partial charge in [-0.1, -0.05) is 41.5 Å². The zero-order chi connectivity index (χ0) is 14.0. The molecule has 0 radical (unpaired) electrons.